The van der Waals surface area contributed by atoms with Gasteiger partial charge in [-0.3, -0.25) is 4.79 Å². The molecule has 0 spiro atoms. The van der Waals surface area contributed by atoms with Crippen molar-refractivity contribution in [1.29, 1.82) is 0 Å². The van der Waals surface area contributed by atoms with Crippen LogP contribution in [0.2, 0.25) is 0 Å². The minimum absolute atomic E-state index is 0.0882. The summed E-state index contributed by atoms with van der Waals surface area (Å²) in [6.07, 6.45) is 2.96. The summed E-state index contributed by atoms with van der Waals surface area (Å²) >= 11 is 0. The van der Waals surface area contributed by atoms with Gasteiger partial charge in [0.05, 0.1) is 0 Å². The lowest BCUT2D eigenvalue weighted by molar-refractivity contribution is -0.121. The lowest BCUT2D eigenvalue weighted by atomic mass is 9.74. The fourth-order valence-electron chi connectivity index (χ4n) is 3.19. The van der Waals surface area contributed by atoms with Gasteiger partial charge in [0.25, 0.3) is 0 Å². The van der Waals surface area contributed by atoms with E-state index >= 15 is 0 Å². The van der Waals surface area contributed by atoms with E-state index in [1.54, 1.807) is 0 Å². The number of carbonyl (C=O) groups excluding carboxylic acids is 1. The monoisotopic (exact) mass is 277 g/mol. The first-order valence-corrected chi connectivity index (χ1v) is 7.55. The molecule has 2 rings (SSSR count). The van der Waals surface area contributed by atoms with Crippen molar-refractivity contribution in [3.8, 4) is 0 Å². The topological polar surface area (TPSA) is 60.0 Å². The molecule has 0 saturated heterocycles. The van der Waals surface area contributed by atoms with Crippen LogP contribution in [0.3, 0.4) is 0 Å². The lowest BCUT2D eigenvalue weighted by Crippen LogP contribution is -2.33. The van der Waals surface area contributed by atoms with Crippen molar-refractivity contribution < 1.29 is 4.79 Å². The Balaban J connectivity index is 2.25. The van der Waals surface area contributed by atoms with Gasteiger partial charge in [-0.2, -0.15) is 0 Å². The van der Waals surface area contributed by atoms with E-state index in [2.05, 4.69) is 43.6 Å². The number of nitrogens with two attached hydrogens (primary N) is 1. The smallest absolute Gasteiger partial charge is 0.239 e. The molecule has 20 heavy (non-hydrogen) atoms. The highest BCUT2D eigenvalue weighted by atomic mass is 16.1. The molecule has 0 aromatic carbocycles. The summed E-state index contributed by atoms with van der Waals surface area (Å²) in [4.78, 5) is 12.0. The zero-order chi connectivity index (χ0) is 14.9. The van der Waals surface area contributed by atoms with E-state index in [0.717, 1.165) is 31.5 Å². The van der Waals surface area contributed by atoms with Gasteiger partial charge < -0.3 is 15.6 Å². The van der Waals surface area contributed by atoms with Crippen molar-refractivity contribution in [3.63, 3.8) is 0 Å². The Bertz CT molecular complexity index is 502. The average Bonchev–Trinajstić information content (AvgIpc) is 2.63. The molecule has 0 saturated carbocycles. The van der Waals surface area contributed by atoms with Crippen LogP contribution in [-0.2, 0) is 17.8 Å². The first-order chi connectivity index (χ1) is 9.34. The number of hydrogen-bond acceptors (Lipinski definition) is 2. The van der Waals surface area contributed by atoms with Crippen LogP contribution in [0.5, 0.6) is 0 Å². The summed E-state index contributed by atoms with van der Waals surface area (Å²) in [6.45, 7) is 9.77. The van der Waals surface area contributed by atoms with Crippen LogP contribution in [0.1, 0.15) is 56.6 Å². The van der Waals surface area contributed by atoms with E-state index in [-0.39, 0.29) is 17.4 Å². The van der Waals surface area contributed by atoms with E-state index in [4.69, 9.17) is 5.73 Å². The van der Waals surface area contributed by atoms with Gasteiger partial charge in [-0.15, -0.1) is 0 Å². The highest BCUT2D eigenvalue weighted by Crippen LogP contribution is 2.40. The molecule has 1 heterocycles. The standard InChI is InChI=1S/C16H27N3O/c1-5-6-18-15(20)10-19-11(2)7-12-13(17)8-16(3,4)9-14(12)19/h7,13H,5-6,8-10,17H2,1-4H3,(H,18,20). The average molecular weight is 277 g/mol. The third-order valence-electron chi connectivity index (χ3n) is 4.14. The second-order valence-electron chi connectivity index (χ2n) is 6.78. The summed E-state index contributed by atoms with van der Waals surface area (Å²) in [5, 5.41) is 2.95. The Labute approximate surface area is 121 Å². The maximum Gasteiger partial charge on any atom is 0.239 e. The Kier molecular flexibility index (Phi) is 4.23. The number of aryl methyl sites for hydroxylation is 1. The molecule has 4 heteroatoms. The zero-order valence-electron chi connectivity index (χ0n) is 13.1. The minimum Gasteiger partial charge on any atom is -0.355 e. The van der Waals surface area contributed by atoms with Crippen molar-refractivity contribution >= 4 is 5.91 Å². The molecule has 0 aliphatic heterocycles. The summed E-state index contributed by atoms with van der Waals surface area (Å²) < 4.78 is 2.14. The lowest BCUT2D eigenvalue weighted by Gasteiger charge is -2.34. The van der Waals surface area contributed by atoms with E-state index in [0.29, 0.717) is 6.54 Å². The van der Waals surface area contributed by atoms with E-state index in [9.17, 15) is 4.79 Å². The Morgan fingerprint density at radius 3 is 2.90 bits per heavy atom. The molecule has 3 N–H and O–H groups in total. The summed E-state index contributed by atoms with van der Waals surface area (Å²) in [7, 11) is 0. The van der Waals surface area contributed by atoms with Crippen molar-refractivity contribution in [2.24, 2.45) is 11.1 Å². The first kappa shape index (κ1) is 15.1. The molecular formula is C16H27N3O. The maximum atomic E-state index is 12.0. The number of rotatable bonds is 4. The van der Waals surface area contributed by atoms with Gasteiger partial charge in [0.2, 0.25) is 5.91 Å². The number of carbonyl (C=O) groups is 1. The molecule has 0 bridgehead atoms. The van der Waals surface area contributed by atoms with Crippen LogP contribution < -0.4 is 11.1 Å². The Morgan fingerprint density at radius 2 is 2.25 bits per heavy atom. The summed E-state index contributed by atoms with van der Waals surface area (Å²) in [6, 6.07) is 2.25. The van der Waals surface area contributed by atoms with Crippen LogP contribution in [0.4, 0.5) is 0 Å². The van der Waals surface area contributed by atoms with Gasteiger partial charge >= 0.3 is 0 Å². The number of amides is 1. The number of nitrogens with zero attached hydrogens (tertiary/aromatic N) is 1. The van der Waals surface area contributed by atoms with Gasteiger partial charge in [0.15, 0.2) is 0 Å². The van der Waals surface area contributed by atoms with Crippen molar-refractivity contribution in [2.75, 3.05) is 6.54 Å². The van der Waals surface area contributed by atoms with Crippen LogP contribution in [0, 0.1) is 12.3 Å². The molecule has 1 unspecified atom stereocenters. The van der Waals surface area contributed by atoms with Gasteiger partial charge in [0, 0.05) is 24.0 Å². The highest BCUT2D eigenvalue weighted by Gasteiger charge is 2.33. The Hall–Kier alpha value is -1.29. The molecule has 1 aromatic rings. The van der Waals surface area contributed by atoms with Gasteiger partial charge in [0.1, 0.15) is 6.54 Å². The van der Waals surface area contributed by atoms with Gasteiger partial charge in [-0.05, 0) is 43.2 Å². The van der Waals surface area contributed by atoms with E-state index in [1.807, 2.05) is 0 Å². The fraction of sp³-hybridized carbons (Fsp3) is 0.688. The van der Waals surface area contributed by atoms with Crippen molar-refractivity contribution in [3.05, 3.63) is 23.0 Å². The molecular weight excluding hydrogens is 250 g/mol. The first-order valence-electron chi connectivity index (χ1n) is 7.55. The number of fused-ring (bicyclic) bond motifs is 1. The predicted molar refractivity (Wildman–Crippen MR) is 81.5 cm³/mol. The molecule has 0 fully saturated rings. The van der Waals surface area contributed by atoms with Crippen LogP contribution in [0.25, 0.3) is 0 Å². The van der Waals surface area contributed by atoms with E-state index in [1.165, 1.54) is 11.3 Å². The third kappa shape index (κ3) is 3.06. The van der Waals surface area contributed by atoms with Crippen LogP contribution in [-0.4, -0.2) is 17.0 Å². The second-order valence-corrected chi connectivity index (χ2v) is 6.78. The fourth-order valence-corrected chi connectivity index (χ4v) is 3.19. The summed E-state index contributed by atoms with van der Waals surface area (Å²) in [5.41, 5.74) is 10.1. The quantitative estimate of drug-likeness (QED) is 0.887. The summed E-state index contributed by atoms with van der Waals surface area (Å²) in [5.74, 6) is 0.0882. The molecule has 1 amide bonds. The molecule has 4 nitrogen and oxygen atoms in total. The third-order valence-corrected chi connectivity index (χ3v) is 4.14. The predicted octanol–water partition coefficient (Wildman–Crippen LogP) is 2.29. The zero-order valence-corrected chi connectivity index (χ0v) is 13.1. The molecule has 112 valence electrons. The van der Waals surface area contributed by atoms with E-state index < -0.39 is 0 Å². The van der Waals surface area contributed by atoms with Gasteiger partial charge in [-0.1, -0.05) is 20.8 Å². The minimum atomic E-state index is 0.0882. The SMILES string of the molecule is CCCNC(=O)Cn1c(C)cc2c1CC(C)(C)CC2N. The largest absolute Gasteiger partial charge is 0.355 e. The van der Waals surface area contributed by atoms with Gasteiger partial charge in [-0.25, -0.2) is 0 Å². The second kappa shape index (κ2) is 5.60. The van der Waals surface area contributed by atoms with Crippen molar-refractivity contribution in [2.45, 2.75) is 59.5 Å². The molecule has 1 atom stereocenters. The highest BCUT2D eigenvalue weighted by molar-refractivity contribution is 5.76. The maximum absolute atomic E-state index is 12.0. The van der Waals surface area contributed by atoms with Crippen LogP contribution in [0.15, 0.2) is 6.07 Å². The molecule has 1 aromatic heterocycles. The number of nitrogens with one attached hydrogen (secondary N) is 1. The Morgan fingerprint density at radius 1 is 1.55 bits per heavy atom. The number of aromatic nitrogens is 1. The molecule has 1 aliphatic carbocycles. The molecule has 0 radical (unpaired) electrons. The molecule has 1 aliphatic rings. The van der Waals surface area contributed by atoms with Crippen LogP contribution >= 0.6 is 0 Å². The number of hydrogen-bond donors (Lipinski definition) is 2. The van der Waals surface area contributed by atoms with Crippen molar-refractivity contribution in [1.82, 2.24) is 9.88 Å². The normalized spacial score (nSPS) is 20.6.